The molecule has 0 aromatic heterocycles. The maximum Gasteiger partial charge on any atom is 0.340 e. The van der Waals surface area contributed by atoms with Gasteiger partial charge in [-0.05, 0) is 68.3 Å². The van der Waals surface area contributed by atoms with Crippen LogP contribution in [-0.4, -0.2) is 61.6 Å². The lowest BCUT2D eigenvalue weighted by molar-refractivity contribution is -0.147. The summed E-state index contributed by atoms with van der Waals surface area (Å²) in [5.74, 6) is -2.11. The van der Waals surface area contributed by atoms with Crippen LogP contribution in [0.25, 0.3) is 0 Å². The molecule has 0 aliphatic carbocycles. The summed E-state index contributed by atoms with van der Waals surface area (Å²) in [6.45, 7) is 4.52. The number of hydrogen-bond acceptors (Lipinski definition) is 11. The second-order valence-electron chi connectivity index (χ2n) is 10.1. The van der Waals surface area contributed by atoms with Gasteiger partial charge < -0.3 is 34.3 Å². The van der Waals surface area contributed by atoms with Gasteiger partial charge in [0.1, 0.15) is 11.5 Å². The predicted octanol–water partition coefficient (Wildman–Crippen LogP) is 4.73. The van der Waals surface area contributed by atoms with E-state index in [9.17, 15) is 28.8 Å². The van der Waals surface area contributed by atoms with Gasteiger partial charge in [0, 0.05) is 37.2 Å². The van der Waals surface area contributed by atoms with Gasteiger partial charge in [0.25, 0.3) is 11.8 Å². The molecule has 250 valence electrons. The highest BCUT2D eigenvalue weighted by atomic mass is 16.6. The van der Waals surface area contributed by atoms with Gasteiger partial charge in [-0.2, -0.15) is 0 Å². The van der Waals surface area contributed by atoms with E-state index in [0.29, 0.717) is 35.9 Å². The maximum atomic E-state index is 12.3. The molecular weight excluding hydrogens is 600 g/mol. The van der Waals surface area contributed by atoms with Gasteiger partial charge >= 0.3 is 23.9 Å². The molecule has 0 fully saturated rings. The van der Waals surface area contributed by atoms with E-state index in [1.165, 1.54) is 12.1 Å². The molecule has 13 nitrogen and oxygen atoms in total. The second-order valence-corrected chi connectivity index (χ2v) is 10.1. The quantitative estimate of drug-likeness (QED) is 0.116. The van der Waals surface area contributed by atoms with Gasteiger partial charge in [0.15, 0.2) is 19.3 Å². The number of ether oxygens (including phenoxy) is 5. The van der Waals surface area contributed by atoms with E-state index in [0.717, 1.165) is 25.7 Å². The summed E-state index contributed by atoms with van der Waals surface area (Å²) in [6.07, 6.45) is 3.88. The molecule has 2 aromatic rings. The van der Waals surface area contributed by atoms with Crippen LogP contribution in [0.15, 0.2) is 48.5 Å². The average molecular weight is 643 g/mol. The van der Waals surface area contributed by atoms with Crippen LogP contribution < -0.4 is 20.1 Å². The third kappa shape index (κ3) is 15.8. The minimum Gasteiger partial charge on any atom is -0.456 e. The first-order valence-electron chi connectivity index (χ1n) is 15.2. The van der Waals surface area contributed by atoms with Crippen LogP contribution in [0, 0.1) is 0 Å². The fraction of sp³-hybridized carbons (Fsp3) is 0.455. The molecule has 0 saturated carbocycles. The number of hydrogen-bond donors (Lipinski definition) is 2. The van der Waals surface area contributed by atoms with Crippen molar-refractivity contribution in [1.82, 2.24) is 0 Å². The van der Waals surface area contributed by atoms with Gasteiger partial charge in [-0.25, -0.2) is 4.79 Å². The zero-order valence-electron chi connectivity index (χ0n) is 26.5. The molecule has 46 heavy (non-hydrogen) atoms. The molecule has 0 radical (unpaired) electrons. The Morgan fingerprint density at radius 1 is 0.609 bits per heavy atom. The largest absolute Gasteiger partial charge is 0.456 e. The molecule has 0 spiro atoms. The predicted molar refractivity (Wildman–Crippen MR) is 167 cm³/mol. The molecule has 0 saturated heterocycles. The lowest BCUT2D eigenvalue weighted by Gasteiger charge is -2.13. The van der Waals surface area contributed by atoms with Gasteiger partial charge in [-0.15, -0.1) is 0 Å². The van der Waals surface area contributed by atoms with Crippen LogP contribution in [0.3, 0.4) is 0 Å². The van der Waals surface area contributed by atoms with Crippen molar-refractivity contribution >= 4 is 47.1 Å². The van der Waals surface area contributed by atoms with Gasteiger partial charge in [-0.1, -0.05) is 33.1 Å². The van der Waals surface area contributed by atoms with Crippen molar-refractivity contribution in [2.75, 3.05) is 30.5 Å². The molecular formula is C33H42N2O11. The lowest BCUT2D eigenvalue weighted by Crippen LogP contribution is -2.26. The standard InChI is InChI=1S/C33H42N2O11/c1-4-30(38)43-21-28(36)34-24-12-16-26(17-13-24)45-32(40)11-9-7-6-8-10-20-42-23(3)33(41)46-27-18-14-25(15-19-27)35-29(37)22-44-31(39)5-2/h12-19,23H,4-11,20-22H2,1-3H3,(H,34,36)(H,35,37). The number of esters is 4. The van der Waals surface area contributed by atoms with Crippen molar-refractivity contribution in [2.24, 2.45) is 0 Å². The van der Waals surface area contributed by atoms with E-state index < -0.39 is 35.8 Å². The number of amides is 2. The first-order valence-corrected chi connectivity index (χ1v) is 15.2. The molecule has 2 aromatic carbocycles. The number of nitrogens with one attached hydrogen (secondary N) is 2. The van der Waals surface area contributed by atoms with Crippen molar-refractivity contribution in [1.29, 1.82) is 0 Å². The van der Waals surface area contributed by atoms with Crippen LogP contribution in [0.5, 0.6) is 11.5 Å². The smallest absolute Gasteiger partial charge is 0.340 e. The molecule has 2 amide bonds. The summed E-state index contributed by atoms with van der Waals surface area (Å²) in [7, 11) is 0. The fourth-order valence-corrected chi connectivity index (χ4v) is 3.71. The number of benzene rings is 2. The highest BCUT2D eigenvalue weighted by Crippen LogP contribution is 2.18. The van der Waals surface area contributed by atoms with Crippen molar-refractivity contribution in [3.05, 3.63) is 48.5 Å². The number of rotatable bonds is 20. The van der Waals surface area contributed by atoms with Crippen molar-refractivity contribution < 1.29 is 52.5 Å². The zero-order chi connectivity index (χ0) is 33.7. The van der Waals surface area contributed by atoms with Crippen molar-refractivity contribution in [2.45, 2.75) is 78.2 Å². The van der Waals surface area contributed by atoms with E-state index >= 15 is 0 Å². The summed E-state index contributed by atoms with van der Waals surface area (Å²) in [5, 5.41) is 5.17. The van der Waals surface area contributed by atoms with E-state index in [-0.39, 0.29) is 38.4 Å². The Morgan fingerprint density at radius 2 is 1.07 bits per heavy atom. The Morgan fingerprint density at radius 3 is 1.57 bits per heavy atom. The second kappa shape index (κ2) is 21.0. The summed E-state index contributed by atoms with van der Waals surface area (Å²) in [5.41, 5.74) is 0.944. The van der Waals surface area contributed by atoms with E-state index in [2.05, 4.69) is 10.6 Å². The summed E-state index contributed by atoms with van der Waals surface area (Å²) >= 11 is 0. The number of anilines is 2. The molecule has 1 unspecified atom stereocenters. The Balaban J connectivity index is 1.53. The van der Waals surface area contributed by atoms with E-state index in [4.69, 9.17) is 23.7 Å². The summed E-state index contributed by atoms with van der Waals surface area (Å²) in [4.78, 5) is 70.3. The van der Waals surface area contributed by atoms with Crippen LogP contribution >= 0.6 is 0 Å². The molecule has 13 heteroatoms. The van der Waals surface area contributed by atoms with Gasteiger partial charge in [0.2, 0.25) is 0 Å². The van der Waals surface area contributed by atoms with Gasteiger partial charge in [0.05, 0.1) is 0 Å². The summed E-state index contributed by atoms with van der Waals surface area (Å²) in [6, 6.07) is 12.5. The Bertz CT molecular complexity index is 1290. The van der Waals surface area contributed by atoms with Crippen LogP contribution in [-0.2, 0) is 43.0 Å². The maximum absolute atomic E-state index is 12.3. The molecule has 1 atom stereocenters. The van der Waals surface area contributed by atoms with Gasteiger partial charge in [-0.3, -0.25) is 24.0 Å². The Kier molecular flexibility index (Phi) is 17.1. The molecule has 0 heterocycles. The highest BCUT2D eigenvalue weighted by molar-refractivity contribution is 5.93. The first kappa shape index (κ1) is 37.4. The fourth-order valence-electron chi connectivity index (χ4n) is 3.71. The van der Waals surface area contributed by atoms with E-state index in [1.54, 1.807) is 57.2 Å². The third-order valence-corrected chi connectivity index (χ3v) is 6.26. The molecule has 0 aliphatic rings. The van der Waals surface area contributed by atoms with Crippen LogP contribution in [0.4, 0.5) is 11.4 Å². The Hall–Kier alpha value is -4.78. The SMILES string of the molecule is CCC(=O)OCC(=O)Nc1ccc(OC(=O)CCCCCCCOC(C)C(=O)Oc2ccc(NC(=O)COC(=O)CC)cc2)cc1. The van der Waals surface area contributed by atoms with Crippen molar-refractivity contribution in [3.8, 4) is 11.5 Å². The first-order chi connectivity index (χ1) is 22.1. The minimum absolute atomic E-state index is 0.184. The molecule has 0 aliphatic heterocycles. The third-order valence-electron chi connectivity index (χ3n) is 6.26. The van der Waals surface area contributed by atoms with Crippen LogP contribution in [0.1, 0.15) is 72.1 Å². The average Bonchev–Trinajstić information content (AvgIpc) is 3.05. The number of carbonyl (C=O) groups is 6. The van der Waals surface area contributed by atoms with E-state index in [1.807, 2.05) is 0 Å². The lowest BCUT2D eigenvalue weighted by atomic mass is 10.1. The number of unbranched alkanes of at least 4 members (excludes halogenated alkanes) is 4. The summed E-state index contributed by atoms with van der Waals surface area (Å²) < 4.78 is 25.8. The molecule has 2 N–H and O–H groups in total. The zero-order valence-corrected chi connectivity index (χ0v) is 26.5. The molecule has 2 rings (SSSR count). The van der Waals surface area contributed by atoms with Crippen LogP contribution in [0.2, 0.25) is 0 Å². The Labute approximate surface area is 268 Å². The topological polar surface area (TPSA) is 173 Å². The number of carbonyl (C=O) groups excluding carboxylic acids is 6. The van der Waals surface area contributed by atoms with Crippen molar-refractivity contribution in [3.63, 3.8) is 0 Å². The normalized spacial score (nSPS) is 11.1. The monoisotopic (exact) mass is 642 g/mol. The highest BCUT2D eigenvalue weighted by Gasteiger charge is 2.16. The minimum atomic E-state index is -0.766. The molecule has 0 bridgehead atoms.